The van der Waals surface area contributed by atoms with Crippen LogP contribution in [0.4, 0.5) is 0 Å². The molecular formula is C27H22O8. The summed E-state index contributed by atoms with van der Waals surface area (Å²) in [7, 11) is 0. The highest BCUT2D eigenvalue weighted by Crippen LogP contribution is 2.31. The second-order valence-corrected chi connectivity index (χ2v) is 7.46. The van der Waals surface area contributed by atoms with Gasteiger partial charge in [-0.1, -0.05) is 42.5 Å². The molecule has 0 saturated heterocycles. The third kappa shape index (κ3) is 6.88. The molecule has 1 N–H and O–H groups in total. The molecule has 0 bridgehead atoms. The highest BCUT2D eigenvalue weighted by Gasteiger charge is 2.15. The van der Waals surface area contributed by atoms with E-state index in [1.54, 1.807) is 30.4 Å². The summed E-state index contributed by atoms with van der Waals surface area (Å²) < 4.78 is 15.4. The van der Waals surface area contributed by atoms with Gasteiger partial charge in [-0.3, -0.25) is 14.4 Å². The van der Waals surface area contributed by atoms with E-state index in [2.05, 4.69) is 0 Å². The van der Waals surface area contributed by atoms with Crippen LogP contribution < -0.4 is 14.2 Å². The van der Waals surface area contributed by atoms with Gasteiger partial charge in [-0.2, -0.15) is 0 Å². The van der Waals surface area contributed by atoms with Crippen molar-refractivity contribution in [2.75, 3.05) is 0 Å². The maximum absolute atomic E-state index is 11.5. The maximum atomic E-state index is 11.5. The fraction of sp³-hybridized carbons (Fsp3) is 0.111. The van der Waals surface area contributed by atoms with Gasteiger partial charge >= 0.3 is 23.9 Å². The molecule has 178 valence electrons. The molecule has 0 spiro atoms. The van der Waals surface area contributed by atoms with Crippen LogP contribution in [-0.2, 0) is 14.4 Å². The number of hydrogen-bond acceptors (Lipinski definition) is 7. The van der Waals surface area contributed by atoms with Crippen molar-refractivity contribution in [3.8, 4) is 28.4 Å². The van der Waals surface area contributed by atoms with E-state index in [1.807, 2.05) is 24.3 Å². The normalized spacial score (nSPS) is 10.6. The Balaban J connectivity index is 2.02. The summed E-state index contributed by atoms with van der Waals surface area (Å²) in [6.07, 6.45) is 3.55. The second-order valence-electron chi connectivity index (χ2n) is 7.46. The summed E-state index contributed by atoms with van der Waals surface area (Å²) in [6.45, 7) is 3.73. The van der Waals surface area contributed by atoms with Crippen LogP contribution in [-0.4, -0.2) is 29.0 Å². The third-order valence-corrected chi connectivity index (χ3v) is 4.62. The Bertz CT molecular complexity index is 1300. The Morgan fingerprint density at radius 3 is 1.89 bits per heavy atom. The lowest BCUT2D eigenvalue weighted by molar-refractivity contribution is -0.133. The third-order valence-electron chi connectivity index (χ3n) is 4.62. The Morgan fingerprint density at radius 1 is 0.714 bits per heavy atom. The lowest BCUT2D eigenvalue weighted by atomic mass is 9.97. The SMILES string of the molecule is CC(=O)Oc1cc(/C=C/c2ccccc2-c2ccc(C(=O)O)c(OC(C)=O)c2)cc(OC(C)=O)c1. The molecule has 0 amide bonds. The van der Waals surface area contributed by atoms with Gasteiger partial charge in [0.15, 0.2) is 0 Å². The Kier molecular flexibility index (Phi) is 7.78. The smallest absolute Gasteiger partial charge is 0.339 e. The summed E-state index contributed by atoms with van der Waals surface area (Å²) in [5.74, 6) is -2.48. The molecule has 0 atom stereocenters. The van der Waals surface area contributed by atoms with Crippen LogP contribution in [0.15, 0.2) is 60.7 Å². The predicted octanol–water partition coefficient (Wildman–Crippen LogP) is 5.00. The van der Waals surface area contributed by atoms with Crippen LogP contribution in [0.2, 0.25) is 0 Å². The lowest BCUT2D eigenvalue weighted by Gasteiger charge is -2.11. The van der Waals surface area contributed by atoms with Gasteiger partial charge in [0.1, 0.15) is 22.8 Å². The molecule has 3 aromatic carbocycles. The van der Waals surface area contributed by atoms with E-state index in [0.717, 1.165) is 11.1 Å². The largest absolute Gasteiger partial charge is 0.478 e. The molecule has 8 heteroatoms. The van der Waals surface area contributed by atoms with Crippen molar-refractivity contribution in [2.45, 2.75) is 20.8 Å². The summed E-state index contributed by atoms with van der Waals surface area (Å²) in [4.78, 5) is 45.7. The van der Waals surface area contributed by atoms with E-state index in [4.69, 9.17) is 14.2 Å². The topological polar surface area (TPSA) is 116 Å². The average Bonchev–Trinajstić information content (AvgIpc) is 2.76. The van der Waals surface area contributed by atoms with Crippen LogP contribution >= 0.6 is 0 Å². The van der Waals surface area contributed by atoms with E-state index in [-0.39, 0.29) is 22.8 Å². The van der Waals surface area contributed by atoms with Crippen molar-refractivity contribution < 1.29 is 38.5 Å². The molecule has 0 radical (unpaired) electrons. The highest BCUT2D eigenvalue weighted by molar-refractivity contribution is 5.93. The van der Waals surface area contributed by atoms with Crippen LogP contribution in [0, 0.1) is 0 Å². The Hall–Kier alpha value is -4.72. The first kappa shape index (κ1) is 24.9. The van der Waals surface area contributed by atoms with E-state index < -0.39 is 23.9 Å². The minimum absolute atomic E-state index is 0.0543. The molecule has 0 aromatic heterocycles. The number of ether oxygens (including phenoxy) is 3. The first-order valence-corrected chi connectivity index (χ1v) is 10.5. The first-order valence-electron chi connectivity index (χ1n) is 10.5. The van der Waals surface area contributed by atoms with Crippen molar-refractivity contribution >= 4 is 36.0 Å². The fourth-order valence-electron chi connectivity index (χ4n) is 3.34. The van der Waals surface area contributed by atoms with Gasteiger partial charge in [0.2, 0.25) is 0 Å². The number of esters is 3. The number of carboxylic acids is 1. The van der Waals surface area contributed by atoms with E-state index in [1.165, 1.54) is 39.0 Å². The monoisotopic (exact) mass is 474 g/mol. The summed E-state index contributed by atoms with van der Waals surface area (Å²) >= 11 is 0. The molecule has 0 unspecified atom stereocenters. The van der Waals surface area contributed by atoms with Gasteiger partial charge < -0.3 is 19.3 Å². The van der Waals surface area contributed by atoms with Gasteiger partial charge in [0.25, 0.3) is 0 Å². The van der Waals surface area contributed by atoms with E-state index >= 15 is 0 Å². The zero-order chi connectivity index (χ0) is 25.5. The Labute approximate surface area is 201 Å². The van der Waals surface area contributed by atoms with Crippen LogP contribution in [0.3, 0.4) is 0 Å². The molecule has 0 heterocycles. The zero-order valence-corrected chi connectivity index (χ0v) is 19.2. The predicted molar refractivity (Wildman–Crippen MR) is 128 cm³/mol. The van der Waals surface area contributed by atoms with Gasteiger partial charge in [0, 0.05) is 26.8 Å². The standard InChI is InChI=1S/C27H22O8/c1-16(28)33-22-12-19(13-23(15-22)34-17(2)29)8-9-20-6-4-5-7-24(20)21-10-11-25(27(31)32)26(14-21)35-18(3)30/h4-15H,1-3H3,(H,31,32)/b9-8+. The number of benzene rings is 3. The van der Waals surface area contributed by atoms with Crippen molar-refractivity contribution in [3.63, 3.8) is 0 Å². The van der Waals surface area contributed by atoms with Gasteiger partial charge in [-0.05, 0) is 46.5 Å². The molecular weight excluding hydrogens is 452 g/mol. The Morgan fingerprint density at radius 2 is 1.31 bits per heavy atom. The molecule has 0 fully saturated rings. The van der Waals surface area contributed by atoms with E-state index in [9.17, 15) is 24.3 Å². The van der Waals surface area contributed by atoms with Crippen LogP contribution in [0.5, 0.6) is 17.2 Å². The summed E-state index contributed by atoms with van der Waals surface area (Å²) in [5, 5.41) is 9.39. The van der Waals surface area contributed by atoms with Crippen LogP contribution in [0.25, 0.3) is 23.3 Å². The minimum atomic E-state index is -1.21. The van der Waals surface area contributed by atoms with Crippen molar-refractivity contribution in [1.29, 1.82) is 0 Å². The molecule has 35 heavy (non-hydrogen) atoms. The van der Waals surface area contributed by atoms with Crippen molar-refractivity contribution in [2.24, 2.45) is 0 Å². The number of carbonyl (C=O) groups excluding carboxylic acids is 3. The summed E-state index contributed by atoms with van der Waals surface area (Å²) in [5.41, 5.74) is 2.65. The van der Waals surface area contributed by atoms with Gasteiger partial charge in [0.05, 0.1) is 0 Å². The van der Waals surface area contributed by atoms with Gasteiger partial charge in [-0.25, -0.2) is 4.79 Å². The number of aromatic carboxylic acids is 1. The number of hydrogen-bond donors (Lipinski definition) is 1. The highest BCUT2D eigenvalue weighted by atomic mass is 16.5. The van der Waals surface area contributed by atoms with E-state index in [0.29, 0.717) is 11.1 Å². The molecule has 8 nitrogen and oxygen atoms in total. The van der Waals surface area contributed by atoms with Crippen molar-refractivity contribution in [3.05, 3.63) is 77.4 Å². The minimum Gasteiger partial charge on any atom is -0.478 e. The molecule has 3 aromatic rings. The van der Waals surface area contributed by atoms with Crippen molar-refractivity contribution in [1.82, 2.24) is 0 Å². The van der Waals surface area contributed by atoms with Crippen LogP contribution in [0.1, 0.15) is 42.3 Å². The lowest BCUT2D eigenvalue weighted by Crippen LogP contribution is -2.07. The molecule has 0 aliphatic rings. The number of carbonyl (C=O) groups is 4. The molecule has 0 saturated carbocycles. The molecule has 3 rings (SSSR count). The quantitative estimate of drug-likeness (QED) is 0.289. The second kappa shape index (κ2) is 10.9. The average molecular weight is 474 g/mol. The molecule has 0 aliphatic carbocycles. The maximum Gasteiger partial charge on any atom is 0.339 e. The fourth-order valence-corrected chi connectivity index (χ4v) is 3.34. The first-order chi connectivity index (χ1) is 16.6. The summed E-state index contributed by atoms with van der Waals surface area (Å²) in [6, 6.07) is 16.5. The molecule has 0 aliphatic heterocycles. The number of carboxylic acid groups (broad SMARTS) is 1. The number of rotatable bonds is 7. The zero-order valence-electron chi connectivity index (χ0n) is 19.2. The van der Waals surface area contributed by atoms with Gasteiger partial charge in [-0.15, -0.1) is 0 Å².